The second-order valence-electron chi connectivity index (χ2n) is 7.93. The summed E-state index contributed by atoms with van der Waals surface area (Å²) in [4.78, 5) is 13.3. The second kappa shape index (κ2) is 8.49. The van der Waals surface area contributed by atoms with E-state index in [1.165, 1.54) is 5.56 Å². The van der Waals surface area contributed by atoms with Crippen molar-refractivity contribution >= 4 is 40.6 Å². The molecule has 3 aromatic rings. The van der Waals surface area contributed by atoms with Crippen LogP contribution in [0.15, 0.2) is 71.8 Å². The van der Waals surface area contributed by atoms with Crippen LogP contribution in [-0.2, 0) is 6.42 Å². The molecular formula is C25H21Cl2N3O2. The van der Waals surface area contributed by atoms with E-state index in [1.807, 2.05) is 36.4 Å². The lowest BCUT2D eigenvalue weighted by Crippen LogP contribution is -2.34. The fourth-order valence-corrected chi connectivity index (χ4v) is 4.76. The second-order valence-corrected chi connectivity index (χ2v) is 8.80. The Balaban J connectivity index is 1.53. The number of hydrogen-bond donors (Lipinski definition) is 1. The molecule has 32 heavy (non-hydrogen) atoms. The van der Waals surface area contributed by atoms with Gasteiger partial charge in [0.25, 0.3) is 0 Å². The average Bonchev–Trinajstić information content (AvgIpc) is 3.21. The van der Waals surface area contributed by atoms with Gasteiger partial charge in [-0.25, -0.2) is 9.80 Å². The number of hydrogen-bond acceptors (Lipinski definition) is 3. The van der Waals surface area contributed by atoms with E-state index < -0.39 is 0 Å². The number of amides is 2. The molecule has 0 bridgehead atoms. The van der Waals surface area contributed by atoms with Gasteiger partial charge in [0.05, 0.1) is 18.9 Å². The van der Waals surface area contributed by atoms with Crippen molar-refractivity contribution < 1.29 is 9.53 Å². The standard InChI is InChI=1S/C25H21Cl2N3O2/c1-32-20-11-13-21-16(14-20)4-12-22-23(21)29-30(24(22)15-2-5-17(26)6-3-15)25(31)28-19-9-7-18(27)8-10-19/h2-3,5-11,13-14,22,24H,4,12H2,1H3,(H,28,31). The van der Waals surface area contributed by atoms with E-state index in [1.54, 1.807) is 36.4 Å². The molecule has 2 amide bonds. The Hall–Kier alpha value is -3.02. The van der Waals surface area contributed by atoms with Crippen molar-refractivity contribution in [3.8, 4) is 5.75 Å². The number of urea groups is 1. The molecule has 0 aromatic heterocycles. The summed E-state index contributed by atoms with van der Waals surface area (Å²) < 4.78 is 5.39. The van der Waals surface area contributed by atoms with Crippen LogP contribution < -0.4 is 10.1 Å². The number of anilines is 1. The molecule has 1 aliphatic carbocycles. The Morgan fingerprint density at radius 2 is 1.72 bits per heavy atom. The summed E-state index contributed by atoms with van der Waals surface area (Å²) in [5.41, 5.74) is 4.85. The van der Waals surface area contributed by atoms with Gasteiger partial charge in [0.15, 0.2) is 0 Å². The number of rotatable bonds is 3. The maximum absolute atomic E-state index is 13.3. The first-order valence-corrected chi connectivity index (χ1v) is 11.2. The van der Waals surface area contributed by atoms with Gasteiger partial charge in [-0.1, -0.05) is 35.3 Å². The van der Waals surface area contributed by atoms with Crippen LogP contribution in [0.25, 0.3) is 0 Å². The number of hydrazone groups is 1. The molecule has 5 rings (SSSR count). The Bertz CT molecular complexity index is 1190. The van der Waals surface area contributed by atoms with E-state index in [9.17, 15) is 4.79 Å². The SMILES string of the molecule is COc1ccc2c(c1)CCC1C2=NN(C(=O)Nc2ccc(Cl)cc2)C1c1ccc(Cl)cc1. The minimum absolute atomic E-state index is 0.0908. The Kier molecular flexibility index (Phi) is 5.53. The normalized spacial score (nSPS) is 19.1. The molecule has 2 atom stereocenters. The van der Waals surface area contributed by atoms with Crippen molar-refractivity contribution in [3.63, 3.8) is 0 Å². The maximum Gasteiger partial charge on any atom is 0.342 e. The zero-order chi connectivity index (χ0) is 22.2. The van der Waals surface area contributed by atoms with Gasteiger partial charge in [0.2, 0.25) is 0 Å². The van der Waals surface area contributed by atoms with E-state index in [0.29, 0.717) is 15.7 Å². The zero-order valence-electron chi connectivity index (χ0n) is 17.4. The van der Waals surface area contributed by atoms with Crippen molar-refractivity contribution in [2.45, 2.75) is 18.9 Å². The molecule has 1 aliphatic heterocycles. The van der Waals surface area contributed by atoms with Crippen LogP contribution in [0, 0.1) is 5.92 Å². The predicted molar refractivity (Wildman–Crippen MR) is 128 cm³/mol. The number of ether oxygens (including phenoxy) is 1. The molecule has 1 N–H and O–H groups in total. The van der Waals surface area contributed by atoms with Gasteiger partial charge in [-0.05, 0) is 78.6 Å². The molecule has 3 aromatic carbocycles. The highest BCUT2D eigenvalue weighted by atomic mass is 35.5. The Labute approximate surface area is 196 Å². The fourth-order valence-electron chi connectivity index (χ4n) is 4.50. The number of nitrogens with one attached hydrogen (secondary N) is 1. The highest BCUT2D eigenvalue weighted by molar-refractivity contribution is 6.30. The average molecular weight is 466 g/mol. The van der Waals surface area contributed by atoms with E-state index in [0.717, 1.165) is 35.4 Å². The lowest BCUT2D eigenvalue weighted by Gasteiger charge is -2.29. The molecule has 0 spiro atoms. The summed E-state index contributed by atoms with van der Waals surface area (Å²) in [6.07, 6.45) is 1.78. The third kappa shape index (κ3) is 3.83. The number of nitrogens with zero attached hydrogens (tertiary/aromatic N) is 2. The number of methoxy groups -OCH3 is 1. The maximum atomic E-state index is 13.3. The van der Waals surface area contributed by atoms with Crippen LogP contribution in [-0.4, -0.2) is 23.9 Å². The quantitative estimate of drug-likeness (QED) is 0.476. The first-order chi connectivity index (χ1) is 15.5. The van der Waals surface area contributed by atoms with Crippen molar-refractivity contribution in [1.29, 1.82) is 0 Å². The zero-order valence-corrected chi connectivity index (χ0v) is 18.9. The largest absolute Gasteiger partial charge is 0.497 e. The molecular weight excluding hydrogens is 445 g/mol. The Morgan fingerprint density at radius 3 is 2.41 bits per heavy atom. The van der Waals surface area contributed by atoms with Gasteiger partial charge in [0, 0.05) is 27.2 Å². The molecule has 162 valence electrons. The van der Waals surface area contributed by atoms with E-state index in [4.69, 9.17) is 33.0 Å². The predicted octanol–water partition coefficient (Wildman–Crippen LogP) is 6.56. The number of aryl methyl sites for hydroxylation is 1. The molecule has 0 saturated heterocycles. The highest BCUT2D eigenvalue weighted by Gasteiger charge is 2.44. The van der Waals surface area contributed by atoms with Gasteiger partial charge in [-0.15, -0.1) is 0 Å². The first kappa shape index (κ1) is 20.9. The Morgan fingerprint density at radius 1 is 1.03 bits per heavy atom. The minimum atomic E-state index is -0.288. The van der Waals surface area contributed by atoms with Crippen LogP contribution in [0.3, 0.4) is 0 Å². The van der Waals surface area contributed by atoms with Crippen molar-refractivity contribution in [1.82, 2.24) is 5.01 Å². The summed E-state index contributed by atoms with van der Waals surface area (Å²) in [7, 11) is 1.67. The van der Waals surface area contributed by atoms with Crippen LogP contribution in [0.1, 0.15) is 29.2 Å². The van der Waals surface area contributed by atoms with Gasteiger partial charge in [0.1, 0.15) is 5.75 Å². The molecule has 0 fully saturated rings. The van der Waals surface area contributed by atoms with Crippen molar-refractivity contribution in [2.75, 3.05) is 12.4 Å². The molecule has 2 unspecified atom stereocenters. The van der Waals surface area contributed by atoms with Crippen molar-refractivity contribution in [2.24, 2.45) is 11.0 Å². The first-order valence-electron chi connectivity index (χ1n) is 10.4. The number of fused-ring (bicyclic) bond motifs is 3. The molecule has 1 heterocycles. The lowest BCUT2D eigenvalue weighted by molar-refractivity contribution is 0.188. The summed E-state index contributed by atoms with van der Waals surface area (Å²) >= 11 is 12.1. The molecule has 0 saturated carbocycles. The van der Waals surface area contributed by atoms with Crippen LogP contribution in [0.2, 0.25) is 10.0 Å². The minimum Gasteiger partial charge on any atom is -0.497 e. The number of benzene rings is 3. The van der Waals surface area contributed by atoms with E-state index >= 15 is 0 Å². The molecule has 2 aliphatic rings. The van der Waals surface area contributed by atoms with E-state index in [-0.39, 0.29) is 18.0 Å². The third-order valence-electron chi connectivity index (χ3n) is 6.04. The van der Waals surface area contributed by atoms with Crippen LogP contribution in [0.5, 0.6) is 5.75 Å². The summed E-state index contributed by atoms with van der Waals surface area (Å²) in [5, 5.41) is 10.6. The number of halogens is 2. The van der Waals surface area contributed by atoms with Gasteiger partial charge < -0.3 is 10.1 Å². The molecule has 0 radical (unpaired) electrons. The number of carbonyl (C=O) groups excluding carboxylic acids is 1. The monoisotopic (exact) mass is 465 g/mol. The smallest absolute Gasteiger partial charge is 0.342 e. The van der Waals surface area contributed by atoms with E-state index in [2.05, 4.69) is 11.4 Å². The van der Waals surface area contributed by atoms with Crippen LogP contribution in [0.4, 0.5) is 10.5 Å². The molecule has 5 nitrogen and oxygen atoms in total. The van der Waals surface area contributed by atoms with Gasteiger partial charge in [-0.3, -0.25) is 0 Å². The summed E-state index contributed by atoms with van der Waals surface area (Å²) in [5.74, 6) is 0.917. The topological polar surface area (TPSA) is 53.9 Å². The van der Waals surface area contributed by atoms with Crippen LogP contribution >= 0.6 is 23.2 Å². The third-order valence-corrected chi connectivity index (χ3v) is 6.54. The summed E-state index contributed by atoms with van der Waals surface area (Å²) in [6, 6.07) is 20.2. The van der Waals surface area contributed by atoms with Gasteiger partial charge >= 0.3 is 6.03 Å². The van der Waals surface area contributed by atoms with Crippen molar-refractivity contribution in [3.05, 3.63) is 93.5 Å². The summed E-state index contributed by atoms with van der Waals surface area (Å²) in [6.45, 7) is 0. The number of carbonyl (C=O) groups is 1. The lowest BCUT2D eigenvalue weighted by atomic mass is 9.77. The molecule has 7 heteroatoms. The fraction of sp³-hybridized carbons (Fsp3) is 0.200. The van der Waals surface area contributed by atoms with Gasteiger partial charge in [-0.2, -0.15) is 5.10 Å². The highest BCUT2D eigenvalue weighted by Crippen LogP contribution is 2.44.